The van der Waals surface area contributed by atoms with E-state index in [2.05, 4.69) is 30.9 Å². The quantitative estimate of drug-likeness (QED) is 0.0786. The summed E-state index contributed by atoms with van der Waals surface area (Å²) in [5.74, 6) is -1.05. The van der Waals surface area contributed by atoms with Crippen molar-refractivity contribution in [2.24, 2.45) is 16.5 Å². The minimum atomic E-state index is -0.935. The first kappa shape index (κ1) is 42.5. The van der Waals surface area contributed by atoms with E-state index in [1.807, 2.05) is 66.9 Å². The van der Waals surface area contributed by atoms with Crippen LogP contribution < -0.4 is 27.4 Å². The number of carbonyl (C=O) groups is 3. The maximum atomic E-state index is 14.6. The molecule has 3 amide bonds. The number of rotatable bonds is 11. The molecule has 1 aliphatic rings. The Kier molecular flexibility index (Phi) is 15.0. The molecule has 1 aliphatic heterocycles. The number of benzene rings is 2. The fourth-order valence-corrected chi connectivity index (χ4v) is 8.51. The van der Waals surface area contributed by atoms with Gasteiger partial charge < -0.3 is 37.3 Å². The third kappa shape index (κ3) is 10.5. The lowest BCUT2D eigenvalue weighted by atomic mass is 10.0. The average molecular weight is 823 g/mol. The number of nitrogens with two attached hydrogens (primary N) is 2. The second-order valence-electron chi connectivity index (χ2n) is 14.3. The molecule has 0 saturated heterocycles. The number of aromatic amines is 1. The van der Waals surface area contributed by atoms with Crippen LogP contribution in [0.4, 0.5) is 0 Å². The molecule has 0 aliphatic carbocycles. The minimum Gasteiger partial charge on any atom is -0.361 e. The molecule has 304 valence electrons. The highest BCUT2D eigenvalue weighted by molar-refractivity contribution is 7.99. The van der Waals surface area contributed by atoms with Crippen molar-refractivity contribution in [3.8, 4) is 11.1 Å². The predicted molar refractivity (Wildman–Crippen MR) is 231 cm³/mol. The lowest BCUT2D eigenvalue weighted by Crippen LogP contribution is -2.57. The third-order valence-electron chi connectivity index (χ3n) is 10.3. The number of unbranched alkanes of at least 4 members (excludes halogenated alkanes) is 1. The van der Waals surface area contributed by atoms with Gasteiger partial charge in [-0.15, -0.1) is 0 Å². The number of halogens is 1. The zero-order valence-electron chi connectivity index (χ0n) is 32.8. The van der Waals surface area contributed by atoms with Crippen LogP contribution >= 0.6 is 23.4 Å². The number of pyridine rings is 2. The van der Waals surface area contributed by atoms with Crippen LogP contribution in [0.2, 0.25) is 5.02 Å². The molecule has 2 aromatic carbocycles. The zero-order chi connectivity index (χ0) is 41.0. The number of aromatic nitrogens is 3. The summed E-state index contributed by atoms with van der Waals surface area (Å²) in [6.07, 6.45) is 9.91. The van der Waals surface area contributed by atoms with Crippen LogP contribution in [0.3, 0.4) is 0 Å². The Morgan fingerprint density at radius 1 is 0.897 bits per heavy atom. The molecule has 3 aromatic heterocycles. The van der Waals surface area contributed by atoms with Crippen LogP contribution in [0.25, 0.3) is 22.0 Å². The molecule has 0 bridgehead atoms. The van der Waals surface area contributed by atoms with Crippen LogP contribution in [-0.4, -0.2) is 89.1 Å². The number of H-pyrrole nitrogens is 1. The molecule has 8 N–H and O–H groups in total. The van der Waals surface area contributed by atoms with E-state index in [9.17, 15) is 14.4 Å². The number of para-hydroxylation sites is 1. The maximum absolute atomic E-state index is 14.6. The van der Waals surface area contributed by atoms with Gasteiger partial charge in [0.25, 0.3) is 0 Å². The summed E-state index contributed by atoms with van der Waals surface area (Å²) >= 11 is 8.56. The van der Waals surface area contributed by atoms with Crippen LogP contribution in [-0.2, 0) is 33.9 Å². The summed E-state index contributed by atoms with van der Waals surface area (Å²) < 4.78 is 0. The van der Waals surface area contributed by atoms with E-state index in [1.54, 1.807) is 32.7 Å². The lowest BCUT2D eigenvalue weighted by molar-refractivity contribution is -0.142. The standard InChI is InChI=1S/C43H51ClN10O3S/c1-47-26-32-20-27(14-18-48-32)29-19-31-25-52-41(56)38(22-30-24-50-35-11-4-3-10-33(30)35)54(2)43(57)37(12-5-6-15-45)53-40(55)36(13-7-16-46)51-23-28-9-8-17-49-42(28)58-39(31)34(44)21-29/h3-4,8-11,14,17-21,24,26,36-38,50-51H,5-7,12-13,15-16,22-23,25,45-46H2,1-2H3,(H,52,56)(H,53,55)/b47-26+/t36-,37-,38-/m0/s1. The van der Waals surface area contributed by atoms with Gasteiger partial charge in [-0.2, -0.15) is 0 Å². The van der Waals surface area contributed by atoms with Crippen LogP contribution in [0.1, 0.15) is 54.5 Å². The molecular weight excluding hydrogens is 772 g/mol. The molecular formula is C43H51ClN10O3S. The molecule has 4 heterocycles. The highest BCUT2D eigenvalue weighted by Gasteiger charge is 2.34. The molecule has 15 heteroatoms. The largest absolute Gasteiger partial charge is 0.361 e. The Hall–Kier alpha value is -5.12. The molecule has 5 aromatic rings. The van der Waals surface area contributed by atoms with E-state index in [-0.39, 0.29) is 30.7 Å². The smallest absolute Gasteiger partial charge is 0.245 e. The van der Waals surface area contributed by atoms with Gasteiger partial charge in [0.1, 0.15) is 17.1 Å². The third-order valence-corrected chi connectivity index (χ3v) is 12.0. The molecule has 3 atom stereocenters. The van der Waals surface area contributed by atoms with Crippen molar-refractivity contribution >= 4 is 58.2 Å². The van der Waals surface area contributed by atoms with Crippen LogP contribution in [0, 0.1) is 0 Å². The lowest BCUT2D eigenvalue weighted by Gasteiger charge is -2.32. The van der Waals surface area contributed by atoms with Crippen LogP contribution in [0.15, 0.2) is 94.2 Å². The van der Waals surface area contributed by atoms with Gasteiger partial charge in [-0.3, -0.25) is 24.4 Å². The van der Waals surface area contributed by atoms with Crippen molar-refractivity contribution in [2.75, 3.05) is 27.2 Å². The predicted octanol–water partition coefficient (Wildman–Crippen LogP) is 4.99. The summed E-state index contributed by atoms with van der Waals surface area (Å²) in [5, 5.41) is 11.8. The number of hydrogen-bond acceptors (Lipinski definition) is 10. The topological polar surface area (TPSA) is 197 Å². The summed E-state index contributed by atoms with van der Waals surface area (Å²) in [6.45, 7) is 1.27. The summed E-state index contributed by atoms with van der Waals surface area (Å²) in [7, 11) is 3.32. The van der Waals surface area contributed by atoms with Gasteiger partial charge >= 0.3 is 0 Å². The summed E-state index contributed by atoms with van der Waals surface area (Å²) in [5.41, 5.74) is 17.6. The summed E-state index contributed by atoms with van der Waals surface area (Å²) in [6, 6.07) is 16.9. The van der Waals surface area contributed by atoms with Gasteiger partial charge in [0.2, 0.25) is 17.7 Å². The fourth-order valence-electron chi connectivity index (χ4n) is 7.16. The van der Waals surface area contributed by atoms with Crippen molar-refractivity contribution in [1.29, 1.82) is 0 Å². The molecule has 0 fully saturated rings. The van der Waals surface area contributed by atoms with Crippen LogP contribution in [0.5, 0.6) is 0 Å². The maximum Gasteiger partial charge on any atom is 0.245 e. The van der Waals surface area contributed by atoms with Crippen molar-refractivity contribution in [3.63, 3.8) is 0 Å². The SMILES string of the molecule is C/N=C/c1cc(-c2cc(Cl)c3c(c2)CNC(=O)[C@H](Cc2c[nH]c4ccccc24)N(C)C(=O)[C@H](CCCCN)NC(=O)[C@H](CCCN)NCc2cccnc2S3)ccn1. The highest BCUT2D eigenvalue weighted by Crippen LogP contribution is 2.40. The first-order valence-electron chi connectivity index (χ1n) is 19.6. The van der Waals surface area contributed by atoms with E-state index in [0.29, 0.717) is 67.5 Å². The van der Waals surface area contributed by atoms with Gasteiger partial charge in [-0.1, -0.05) is 47.6 Å². The molecule has 58 heavy (non-hydrogen) atoms. The Balaban J connectivity index is 1.45. The molecule has 0 saturated carbocycles. The molecule has 0 spiro atoms. The van der Waals surface area contributed by atoms with E-state index in [0.717, 1.165) is 43.6 Å². The number of hydrogen-bond donors (Lipinski definition) is 6. The first-order valence-corrected chi connectivity index (χ1v) is 20.8. The monoisotopic (exact) mass is 822 g/mol. The minimum absolute atomic E-state index is 0.105. The first-order chi connectivity index (χ1) is 28.2. The van der Waals surface area contributed by atoms with E-state index < -0.39 is 18.1 Å². The zero-order valence-corrected chi connectivity index (χ0v) is 34.4. The Morgan fingerprint density at radius 3 is 2.52 bits per heavy atom. The Morgan fingerprint density at radius 2 is 1.71 bits per heavy atom. The van der Waals surface area contributed by atoms with E-state index in [1.165, 1.54) is 16.7 Å². The average Bonchev–Trinajstić information content (AvgIpc) is 3.65. The number of aliphatic imine (C=N–C) groups is 1. The number of likely N-dealkylation sites (N-methyl/N-ethyl adjacent to an activating group) is 1. The Bertz CT molecular complexity index is 2250. The van der Waals surface area contributed by atoms with Crippen molar-refractivity contribution in [3.05, 3.63) is 107 Å². The van der Waals surface area contributed by atoms with Gasteiger partial charge in [0.05, 0.1) is 16.8 Å². The molecule has 0 radical (unpaired) electrons. The van der Waals surface area contributed by atoms with E-state index in [4.69, 9.17) is 28.1 Å². The number of amides is 3. The molecule has 0 unspecified atom stereocenters. The van der Waals surface area contributed by atoms with Gasteiger partial charge in [-0.25, -0.2) is 4.98 Å². The van der Waals surface area contributed by atoms with Gasteiger partial charge in [-0.05, 0) is 109 Å². The van der Waals surface area contributed by atoms with Gasteiger partial charge in [0, 0.05) is 74.2 Å². The molecule has 6 rings (SSSR count). The second-order valence-corrected chi connectivity index (χ2v) is 15.7. The summed E-state index contributed by atoms with van der Waals surface area (Å²) in [4.78, 5) is 62.1. The van der Waals surface area contributed by atoms with Gasteiger partial charge in [0.15, 0.2) is 0 Å². The second kappa shape index (κ2) is 20.5. The number of nitrogens with one attached hydrogen (secondary N) is 4. The highest BCUT2D eigenvalue weighted by atomic mass is 35.5. The van der Waals surface area contributed by atoms with Crippen molar-refractivity contribution in [2.45, 2.75) is 79.7 Å². The fraction of sp³-hybridized carbons (Fsp3) is 0.349. The number of nitrogens with zero attached hydrogens (tertiary/aromatic N) is 4. The normalized spacial score (nSPS) is 18.5. The van der Waals surface area contributed by atoms with Crippen molar-refractivity contribution in [1.82, 2.24) is 35.8 Å². The molecule has 13 nitrogen and oxygen atoms in total. The number of carbonyl (C=O) groups excluding carboxylic acids is 3. The Labute approximate surface area is 348 Å². The van der Waals surface area contributed by atoms with E-state index >= 15 is 0 Å². The number of fused-ring (bicyclic) bond motifs is 3. The van der Waals surface area contributed by atoms with Crippen molar-refractivity contribution < 1.29 is 14.4 Å².